The molecule has 11 heteroatoms. The maximum absolute atomic E-state index is 13.5. The number of anilines is 2. The molecule has 0 atom stereocenters. The fourth-order valence-electron chi connectivity index (χ4n) is 3.60. The molecule has 2 aromatic carbocycles. The molecule has 1 heterocycles. The molecular formula is C27H29F6N5. The minimum absolute atomic E-state index is 0.280. The second kappa shape index (κ2) is 11.8. The highest BCUT2D eigenvalue weighted by atomic mass is 19.4. The van der Waals surface area contributed by atoms with Gasteiger partial charge >= 0.3 is 12.4 Å². The minimum atomic E-state index is -4.54. The number of hydrogen-bond donors (Lipinski definition) is 2. The van der Waals surface area contributed by atoms with Crippen LogP contribution in [0.4, 0.5) is 37.8 Å². The summed E-state index contributed by atoms with van der Waals surface area (Å²) in [5, 5.41) is 3.56. The lowest BCUT2D eigenvalue weighted by atomic mass is 10.0. The Kier molecular flexibility index (Phi) is 9.03. The number of benzene rings is 2. The number of alkyl halides is 6. The first kappa shape index (κ1) is 29.0. The molecule has 0 amide bonds. The maximum Gasteiger partial charge on any atom is 0.416 e. The molecule has 0 aliphatic heterocycles. The van der Waals surface area contributed by atoms with Crippen molar-refractivity contribution in [3.05, 3.63) is 83.3 Å². The Balaban J connectivity index is 2.01. The van der Waals surface area contributed by atoms with Crippen LogP contribution in [-0.2, 0) is 19.0 Å². The van der Waals surface area contributed by atoms with Crippen LogP contribution in [-0.4, -0.2) is 40.7 Å². The van der Waals surface area contributed by atoms with Crippen LogP contribution in [0.2, 0.25) is 0 Å². The van der Waals surface area contributed by atoms with Crippen LogP contribution >= 0.6 is 0 Å². The Morgan fingerprint density at radius 1 is 1.03 bits per heavy atom. The Morgan fingerprint density at radius 3 is 2.29 bits per heavy atom. The first-order chi connectivity index (χ1) is 17.8. The van der Waals surface area contributed by atoms with E-state index < -0.39 is 23.5 Å². The molecule has 0 fully saturated rings. The first-order valence-electron chi connectivity index (χ1n) is 11.9. The van der Waals surface area contributed by atoms with Crippen molar-refractivity contribution in [3.8, 4) is 0 Å². The lowest BCUT2D eigenvalue weighted by molar-refractivity contribution is -0.137. The van der Waals surface area contributed by atoms with Gasteiger partial charge in [-0.25, -0.2) is 9.97 Å². The molecular weight excluding hydrogens is 508 g/mol. The van der Waals surface area contributed by atoms with Crippen molar-refractivity contribution in [2.24, 2.45) is 5.73 Å². The predicted octanol–water partition coefficient (Wildman–Crippen LogP) is 6.78. The van der Waals surface area contributed by atoms with Gasteiger partial charge in [-0.1, -0.05) is 12.1 Å². The summed E-state index contributed by atoms with van der Waals surface area (Å²) >= 11 is 0. The van der Waals surface area contributed by atoms with Crippen LogP contribution in [0.5, 0.6) is 0 Å². The molecule has 0 radical (unpaired) electrons. The maximum atomic E-state index is 13.5. The molecule has 38 heavy (non-hydrogen) atoms. The van der Waals surface area contributed by atoms with Crippen molar-refractivity contribution in [3.63, 3.8) is 0 Å². The zero-order valence-electron chi connectivity index (χ0n) is 21.2. The van der Waals surface area contributed by atoms with Crippen molar-refractivity contribution in [1.82, 2.24) is 14.9 Å². The summed E-state index contributed by atoms with van der Waals surface area (Å²) in [4.78, 5) is 11.3. The third-order valence-corrected chi connectivity index (χ3v) is 6.02. The second-order valence-corrected chi connectivity index (χ2v) is 9.12. The van der Waals surface area contributed by atoms with Gasteiger partial charge in [0.25, 0.3) is 0 Å². The monoisotopic (exact) mass is 537 g/mol. The highest BCUT2D eigenvalue weighted by Crippen LogP contribution is 2.32. The molecule has 3 aromatic rings. The lowest BCUT2D eigenvalue weighted by Gasteiger charge is -2.20. The minimum Gasteiger partial charge on any atom is -0.405 e. The van der Waals surface area contributed by atoms with Gasteiger partial charge in [0.2, 0.25) is 0 Å². The van der Waals surface area contributed by atoms with Crippen LogP contribution in [0.15, 0.2) is 66.4 Å². The normalized spacial score (nSPS) is 13.3. The molecule has 204 valence electrons. The largest absolute Gasteiger partial charge is 0.416 e. The van der Waals surface area contributed by atoms with Crippen LogP contribution < -0.4 is 11.1 Å². The number of hydrogen-bond acceptors (Lipinski definition) is 5. The van der Waals surface area contributed by atoms with Gasteiger partial charge in [0.1, 0.15) is 11.6 Å². The van der Waals surface area contributed by atoms with Crippen molar-refractivity contribution in [2.45, 2.75) is 45.1 Å². The number of nitrogens with zero attached hydrogens (tertiary/aromatic N) is 3. The molecule has 3 N–H and O–H groups in total. The zero-order valence-corrected chi connectivity index (χ0v) is 21.2. The molecule has 0 aliphatic rings. The molecule has 0 spiro atoms. The third kappa shape index (κ3) is 7.70. The summed E-state index contributed by atoms with van der Waals surface area (Å²) in [6, 6.07) is 9.51. The topological polar surface area (TPSA) is 67.1 Å². The number of rotatable bonds is 9. The number of aromatic nitrogens is 2. The molecule has 0 saturated carbocycles. The quantitative estimate of drug-likeness (QED) is 0.233. The van der Waals surface area contributed by atoms with Crippen molar-refractivity contribution in [1.29, 1.82) is 0 Å². The summed E-state index contributed by atoms with van der Waals surface area (Å²) in [7, 11) is 1.95. The number of nitrogens with two attached hydrogens (primary N) is 1. The Hall–Kier alpha value is -3.60. The van der Waals surface area contributed by atoms with E-state index in [0.717, 1.165) is 30.5 Å². The van der Waals surface area contributed by atoms with Crippen LogP contribution in [0, 0.1) is 0 Å². The lowest BCUT2D eigenvalue weighted by Crippen LogP contribution is -2.28. The van der Waals surface area contributed by atoms with E-state index in [0.29, 0.717) is 46.8 Å². The van der Waals surface area contributed by atoms with Gasteiger partial charge in [-0.2, -0.15) is 26.3 Å². The molecule has 1 aromatic heterocycles. The van der Waals surface area contributed by atoms with Crippen LogP contribution in [0.1, 0.15) is 30.8 Å². The van der Waals surface area contributed by atoms with E-state index in [9.17, 15) is 26.3 Å². The fraction of sp³-hybridized carbons (Fsp3) is 0.333. The average Bonchev–Trinajstić information content (AvgIpc) is 2.83. The first-order valence-corrected chi connectivity index (χ1v) is 11.9. The summed E-state index contributed by atoms with van der Waals surface area (Å²) in [5.74, 6) is 0.801. The smallest absolute Gasteiger partial charge is 0.405 e. The molecule has 3 rings (SSSR count). The summed E-state index contributed by atoms with van der Waals surface area (Å²) in [6.07, 6.45) is -5.85. The number of fused-ring (bicyclic) bond motifs is 1. The SMILES string of the molecule is CC(C)N(C)CCc1nc(Nc2ccc(C(F)(F)F)cc2)c2ccc(C/C(=C\C=C/N)C(F)(F)F)cc2n1. The molecule has 0 bridgehead atoms. The summed E-state index contributed by atoms with van der Waals surface area (Å²) in [6.45, 7) is 4.71. The van der Waals surface area contributed by atoms with E-state index in [1.807, 2.05) is 20.9 Å². The summed E-state index contributed by atoms with van der Waals surface area (Å²) < 4.78 is 79.4. The van der Waals surface area contributed by atoms with Crippen molar-refractivity contribution < 1.29 is 26.3 Å². The number of likely N-dealkylation sites (N-methyl/N-ethyl adjacent to an activating group) is 1. The zero-order chi connectivity index (χ0) is 28.1. The van der Waals surface area contributed by atoms with E-state index in [-0.39, 0.29) is 12.5 Å². The highest BCUT2D eigenvalue weighted by molar-refractivity contribution is 5.91. The van der Waals surface area contributed by atoms with Gasteiger partial charge in [-0.3, -0.25) is 0 Å². The number of allylic oxidation sites excluding steroid dienone is 3. The second-order valence-electron chi connectivity index (χ2n) is 9.12. The Bertz CT molecular complexity index is 1290. The fourth-order valence-corrected chi connectivity index (χ4v) is 3.60. The van der Waals surface area contributed by atoms with Gasteiger partial charge in [0.15, 0.2) is 0 Å². The Labute approximate surface area is 217 Å². The van der Waals surface area contributed by atoms with Gasteiger partial charge in [0.05, 0.1) is 11.1 Å². The van der Waals surface area contributed by atoms with E-state index in [4.69, 9.17) is 5.73 Å². The van der Waals surface area contributed by atoms with E-state index in [1.54, 1.807) is 18.2 Å². The predicted molar refractivity (Wildman–Crippen MR) is 137 cm³/mol. The van der Waals surface area contributed by atoms with E-state index >= 15 is 0 Å². The third-order valence-electron chi connectivity index (χ3n) is 6.02. The summed E-state index contributed by atoms with van der Waals surface area (Å²) in [5.41, 5.74) is 4.84. The van der Waals surface area contributed by atoms with Crippen molar-refractivity contribution in [2.75, 3.05) is 18.9 Å². The molecule has 0 aliphatic carbocycles. The van der Waals surface area contributed by atoms with Crippen molar-refractivity contribution >= 4 is 22.4 Å². The van der Waals surface area contributed by atoms with Crippen LogP contribution in [0.25, 0.3) is 10.9 Å². The van der Waals surface area contributed by atoms with Gasteiger partial charge in [-0.15, -0.1) is 0 Å². The van der Waals surface area contributed by atoms with Gasteiger partial charge in [0, 0.05) is 42.1 Å². The number of halogens is 6. The van der Waals surface area contributed by atoms with Crippen LogP contribution in [0.3, 0.4) is 0 Å². The van der Waals surface area contributed by atoms with E-state index in [1.165, 1.54) is 12.1 Å². The highest BCUT2D eigenvalue weighted by Gasteiger charge is 2.33. The molecule has 5 nitrogen and oxygen atoms in total. The average molecular weight is 538 g/mol. The van der Waals surface area contributed by atoms with Gasteiger partial charge < -0.3 is 16.0 Å². The molecule has 0 saturated heterocycles. The van der Waals surface area contributed by atoms with Gasteiger partial charge in [-0.05, 0) is 75.1 Å². The van der Waals surface area contributed by atoms with E-state index in [2.05, 4.69) is 20.2 Å². The standard InChI is InChI=1S/C27H29F6N5/c1-17(2)38(3)14-12-24-36-23-16-18(15-20(5-4-13-34)27(31,32)33)6-11-22(23)25(37-24)35-21-9-7-19(8-10-21)26(28,29)30/h4-11,13,16-17H,12,14-15,34H2,1-3H3,(H,35,36,37)/b13-4-,20-5+. The molecule has 0 unspecified atom stereocenters. The Morgan fingerprint density at radius 2 is 1.71 bits per heavy atom. The number of nitrogens with one attached hydrogen (secondary N) is 1.